The lowest BCUT2D eigenvalue weighted by Crippen LogP contribution is -2.34. The minimum absolute atomic E-state index is 0.239. The average molecular weight is 251 g/mol. The Hall–Kier alpha value is -0.830. The van der Waals surface area contributed by atoms with Gasteiger partial charge < -0.3 is 5.32 Å². The van der Waals surface area contributed by atoms with Crippen molar-refractivity contribution in [2.75, 3.05) is 13.1 Å². The van der Waals surface area contributed by atoms with E-state index in [1.54, 1.807) is 0 Å². The minimum atomic E-state index is 0.239. The molecule has 1 rings (SSSR count). The molecule has 1 aromatic heterocycles. The van der Waals surface area contributed by atoms with Crippen molar-refractivity contribution in [3.8, 4) is 0 Å². The van der Waals surface area contributed by atoms with E-state index in [1.807, 2.05) is 0 Å². The molecule has 0 unspecified atom stereocenters. The number of nitrogens with zero attached hydrogens (tertiary/aromatic N) is 2. The molecule has 1 heterocycles. The maximum atomic E-state index is 4.68. The Morgan fingerprint density at radius 2 is 1.89 bits per heavy atom. The molecule has 0 aliphatic heterocycles. The van der Waals surface area contributed by atoms with Crippen molar-refractivity contribution in [2.24, 2.45) is 5.41 Å². The second kappa shape index (κ2) is 6.37. The third kappa shape index (κ3) is 3.84. The molecule has 0 aromatic carbocycles. The van der Waals surface area contributed by atoms with Crippen molar-refractivity contribution in [1.29, 1.82) is 0 Å². The zero-order chi connectivity index (χ0) is 13.8. The van der Waals surface area contributed by atoms with Crippen molar-refractivity contribution in [3.05, 3.63) is 17.0 Å². The van der Waals surface area contributed by atoms with Crippen molar-refractivity contribution in [3.63, 3.8) is 0 Å². The molecule has 0 aliphatic carbocycles. The van der Waals surface area contributed by atoms with Gasteiger partial charge in [0.25, 0.3) is 0 Å². The molecule has 0 atom stereocenters. The third-order valence-corrected chi connectivity index (χ3v) is 3.49. The Bertz CT molecular complexity index is 377. The Labute approximate surface area is 112 Å². The van der Waals surface area contributed by atoms with Crippen LogP contribution in [-0.4, -0.2) is 22.9 Å². The lowest BCUT2D eigenvalue weighted by Gasteiger charge is -2.25. The predicted octanol–water partition coefficient (Wildman–Crippen LogP) is 3.09. The van der Waals surface area contributed by atoms with Gasteiger partial charge in [-0.25, -0.2) is 0 Å². The lowest BCUT2D eigenvalue weighted by molar-refractivity contribution is 0.274. The van der Waals surface area contributed by atoms with E-state index >= 15 is 0 Å². The fourth-order valence-corrected chi connectivity index (χ4v) is 2.46. The molecule has 0 aliphatic rings. The lowest BCUT2D eigenvalue weighted by atomic mass is 9.93. The quantitative estimate of drug-likeness (QED) is 0.755. The molecule has 1 N–H and O–H groups in total. The highest BCUT2D eigenvalue weighted by Crippen LogP contribution is 2.21. The van der Waals surface area contributed by atoms with Crippen LogP contribution in [0.5, 0.6) is 0 Å². The summed E-state index contributed by atoms with van der Waals surface area (Å²) in [6.45, 7) is 16.4. The Balaban J connectivity index is 2.71. The summed E-state index contributed by atoms with van der Waals surface area (Å²) in [7, 11) is 0. The van der Waals surface area contributed by atoms with E-state index < -0.39 is 0 Å². The van der Waals surface area contributed by atoms with Gasteiger partial charge in [0.2, 0.25) is 0 Å². The maximum absolute atomic E-state index is 4.68. The van der Waals surface area contributed by atoms with E-state index in [2.05, 4.69) is 56.6 Å². The van der Waals surface area contributed by atoms with Crippen LogP contribution in [0.2, 0.25) is 0 Å². The molecule has 0 saturated carbocycles. The summed E-state index contributed by atoms with van der Waals surface area (Å²) in [5.74, 6) is 0. The van der Waals surface area contributed by atoms with Gasteiger partial charge in [-0.3, -0.25) is 4.68 Å². The van der Waals surface area contributed by atoms with Gasteiger partial charge in [-0.1, -0.05) is 27.7 Å². The summed E-state index contributed by atoms with van der Waals surface area (Å²) in [4.78, 5) is 0. The van der Waals surface area contributed by atoms with Gasteiger partial charge in [-0.05, 0) is 44.2 Å². The number of aromatic nitrogens is 2. The van der Waals surface area contributed by atoms with E-state index in [9.17, 15) is 0 Å². The predicted molar refractivity (Wildman–Crippen MR) is 78.0 cm³/mol. The largest absolute Gasteiger partial charge is 0.316 e. The first-order chi connectivity index (χ1) is 8.41. The number of nitrogens with one attached hydrogen (secondary N) is 1. The summed E-state index contributed by atoms with van der Waals surface area (Å²) in [6, 6.07) is 0. The molecule has 18 heavy (non-hydrogen) atoms. The van der Waals surface area contributed by atoms with E-state index in [0.29, 0.717) is 0 Å². The second-order valence-corrected chi connectivity index (χ2v) is 6.00. The summed E-state index contributed by atoms with van der Waals surface area (Å²) in [5.41, 5.74) is 4.17. The fraction of sp³-hybridized carbons (Fsp3) is 0.800. The zero-order valence-electron chi connectivity index (χ0n) is 12.9. The van der Waals surface area contributed by atoms with Crippen LogP contribution in [0.25, 0.3) is 0 Å². The molecule has 0 spiro atoms. The highest BCUT2D eigenvalue weighted by atomic mass is 15.3. The summed E-state index contributed by atoms with van der Waals surface area (Å²) in [5, 5.41) is 8.19. The van der Waals surface area contributed by atoms with E-state index in [0.717, 1.165) is 26.1 Å². The molecule has 0 bridgehead atoms. The molecular weight excluding hydrogens is 222 g/mol. The van der Waals surface area contributed by atoms with Gasteiger partial charge >= 0.3 is 0 Å². The SMILES string of the molecule is CCCNCC(C)(C)Cn1nc(C)c(CC)c1C. The first kappa shape index (κ1) is 15.2. The topological polar surface area (TPSA) is 29.9 Å². The van der Waals surface area contributed by atoms with Crippen LogP contribution in [-0.2, 0) is 13.0 Å². The van der Waals surface area contributed by atoms with Crippen molar-refractivity contribution >= 4 is 0 Å². The average Bonchev–Trinajstić information content (AvgIpc) is 2.53. The van der Waals surface area contributed by atoms with E-state index in [4.69, 9.17) is 0 Å². The van der Waals surface area contributed by atoms with Gasteiger partial charge in [0.15, 0.2) is 0 Å². The summed E-state index contributed by atoms with van der Waals surface area (Å²) < 4.78 is 2.18. The number of hydrogen-bond acceptors (Lipinski definition) is 2. The van der Waals surface area contributed by atoms with Crippen molar-refractivity contribution in [1.82, 2.24) is 15.1 Å². The van der Waals surface area contributed by atoms with Crippen LogP contribution in [0, 0.1) is 19.3 Å². The molecule has 104 valence electrons. The fourth-order valence-electron chi connectivity index (χ4n) is 2.46. The van der Waals surface area contributed by atoms with Crippen molar-refractivity contribution < 1.29 is 0 Å². The number of hydrogen-bond donors (Lipinski definition) is 1. The summed E-state index contributed by atoms with van der Waals surface area (Å²) in [6.07, 6.45) is 2.27. The van der Waals surface area contributed by atoms with Gasteiger partial charge in [0.1, 0.15) is 0 Å². The van der Waals surface area contributed by atoms with Gasteiger partial charge in [0, 0.05) is 18.8 Å². The van der Waals surface area contributed by atoms with Crippen LogP contribution >= 0.6 is 0 Å². The van der Waals surface area contributed by atoms with Crippen LogP contribution in [0.3, 0.4) is 0 Å². The monoisotopic (exact) mass is 251 g/mol. The van der Waals surface area contributed by atoms with Crippen LogP contribution in [0.1, 0.15) is 51.1 Å². The number of aryl methyl sites for hydroxylation is 1. The maximum Gasteiger partial charge on any atom is 0.0628 e. The third-order valence-electron chi connectivity index (χ3n) is 3.49. The normalized spacial score (nSPS) is 12.1. The first-order valence-electron chi connectivity index (χ1n) is 7.15. The van der Waals surface area contributed by atoms with Gasteiger partial charge in [-0.2, -0.15) is 5.10 Å². The molecule has 0 fully saturated rings. The molecule has 3 nitrogen and oxygen atoms in total. The molecule has 0 saturated heterocycles. The molecule has 1 aromatic rings. The zero-order valence-corrected chi connectivity index (χ0v) is 12.9. The smallest absolute Gasteiger partial charge is 0.0628 e. The summed E-state index contributed by atoms with van der Waals surface area (Å²) >= 11 is 0. The second-order valence-electron chi connectivity index (χ2n) is 6.00. The first-order valence-corrected chi connectivity index (χ1v) is 7.15. The molecule has 0 radical (unpaired) electrons. The van der Waals surface area contributed by atoms with Gasteiger partial charge in [-0.15, -0.1) is 0 Å². The molecular formula is C15H29N3. The number of rotatable bonds is 7. The Kier molecular flexibility index (Phi) is 5.39. The van der Waals surface area contributed by atoms with Crippen LogP contribution < -0.4 is 5.32 Å². The molecule has 3 heteroatoms. The highest BCUT2D eigenvalue weighted by Gasteiger charge is 2.21. The van der Waals surface area contributed by atoms with E-state index in [-0.39, 0.29) is 5.41 Å². The van der Waals surface area contributed by atoms with Crippen LogP contribution in [0.15, 0.2) is 0 Å². The van der Waals surface area contributed by atoms with Gasteiger partial charge in [0.05, 0.1) is 5.69 Å². The van der Waals surface area contributed by atoms with E-state index in [1.165, 1.54) is 23.4 Å². The standard InChI is InChI=1S/C15H29N3/c1-7-9-16-10-15(5,6)11-18-13(4)14(8-2)12(3)17-18/h16H,7-11H2,1-6H3. The molecule has 0 amide bonds. The highest BCUT2D eigenvalue weighted by molar-refractivity contribution is 5.24. The Morgan fingerprint density at radius 1 is 1.22 bits per heavy atom. The van der Waals surface area contributed by atoms with Crippen molar-refractivity contribution in [2.45, 2.75) is 60.9 Å². The Morgan fingerprint density at radius 3 is 2.39 bits per heavy atom. The minimum Gasteiger partial charge on any atom is -0.316 e. The van der Waals surface area contributed by atoms with Crippen LogP contribution in [0.4, 0.5) is 0 Å².